The van der Waals surface area contributed by atoms with E-state index in [1.807, 2.05) is 13.1 Å². The van der Waals surface area contributed by atoms with E-state index in [1.165, 1.54) is 0 Å². The van der Waals surface area contributed by atoms with Crippen LogP contribution in [0.25, 0.3) is 0 Å². The van der Waals surface area contributed by atoms with Crippen LogP contribution in [0.15, 0.2) is 11.6 Å². The predicted octanol–water partition coefficient (Wildman–Crippen LogP) is 3.06. The molecule has 0 aromatic heterocycles. The number of ketones is 1. The second-order valence-electron chi connectivity index (χ2n) is 6.74. The summed E-state index contributed by atoms with van der Waals surface area (Å²) >= 11 is 5.67. The van der Waals surface area contributed by atoms with E-state index in [0.717, 1.165) is 12.1 Å². The lowest BCUT2D eigenvalue weighted by Gasteiger charge is -2.38. The Kier molecular flexibility index (Phi) is 5.41. The minimum Gasteiger partial charge on any atom is -0.415 e. The Hall–Kier alpha value is -0.163. The number of halogens is 1. The molecule has 19 heavy (non-hydrogen) atoms. The number of nitrogens with zero attached hydrogens (tertiary/aromatic N) is 1. The molecule has 1 atom stereocenters. The number of carbonyl (C=O) groups excluding carboxylic acids is 1. The number of alkyl halides is 1. The van der Waals surface area contributed by atoms with Gasteiger partial charge in [0.1, 0.15) is 0 Å². The first-order valence-corrected chi connectivity index (χ1v) is 10.2. The highest BCUT2D eigenvalue weighted by molar-refractivity contribution is 6.74. The van der Waals surface area contributed by atoms with Crippen LogP contribution in [0.4, 0.5) is 0 Å². The van der Waals surface area contributed by atoms with Gasteiger partial charge in [-0.15, -0.1) is 11.6 Å². The maximum absolute atomic E-state index is 11.8. The summed E-state index contributed by atoms with van der Waals surface area (Å²) in [6.07, 6.45) is 1.98. The molecule has 5 heteroatoms. The lowest BCUT2D eigenvalue weighted by Crippen LogP contribution is -2.45. The molecule has 1 heterocycles. The van der Waals surface area contributed by atoms with Crippen LogP contribution < -0.4 is 0 Å². The topological polar surface area (TPSA) is 29.5 Å². The first-order valence-electron chi connectivity index (χ1n) is 6.73. The fraction of sp³-hybridized carbons (Fsp3) is 0.786. The van der Waals surface area contributed by atoms with Gasteiger partial charge in [0.15, 0.2) is 14.1 Å². The van der Waals surface area contributed by atoms with Crippen molar-refractivity contribution in [3.63, 3.8) is 0 Å². The van der Waals surface area contributed by atoms with E-state index < -0.39 is 8.32 Å². The Balaban J connectivity index is 2.71. The van der Waals surface area contributed by atoms with Crippen LogP contribution in [0.5, 0.6) is 0 Å². The average molecular weight is 304 g/mol. The smallest absolute Gasteiger partial charge is 0.192 e. The summed E-state index contributed by atoms with van der Waals surface area (Å²) in [5.74, 6) is 0.0749. The third-order valence-corrected chi connectivity index (χ3v) is 9.09. The molecule has 0 N–H and O–H groups in total. The number of rotatable bonds is 5. The minimum absolute atomic E-state index is 0.0230. The molecule has 0 saturated heterocycles. The van der Waals surface area contributed by atoms with E-state index in [1.54, 1.807) is 0 Å². The highest BCUT2D eigenvalue weighted by Crippen LogP contribution is 2.37. The molecule has 1 aliphatic rings. The monoisotopic (exact) mass is 303 g/mol. The zero-order chi connectivity index (χ0) is 14.8. The fourth-order valence-electron chi connectivity index (χ4n) is 1.84. The van der Waals surface area contributed by atoms with Crippen molar-refractivity contribution in [2.45, 2.75) is 44.9 Å². The largest absolute Gasteiger partial charge is 0.415 e. The molecule has 0 spiro atoms. The average Bonchev–Trinajstić information content (AvgIpc) is 2.65. The van der Waals surface area contributed by atoms with Crippen molar-refractivity contribution in [1.29, 1.82) is 0 Å². The Morgan fingerprint density at radius 1 is 1.53 bits per heavy atom. The van der Waals surface area contributed by atoms with Crippen LogP contribution in [-0.2, 0) is 9.22 Å². The molecule has 1 aliphatic heterocycles. The van der Waals surface area contributed by atoms with Gasteiger partial charge in [-0.25, -0.2) is 0 Å². The molecule has 0 bridgehead atoms. The summed E-state index contributed by atoms with van der Waals surface area (Å²) < 4.78 is 6.23. The standard InChI is InChI=1S/C14H26ClNO2Si/c1-14(2,3)19(5,6)18-10-12-11(13(17)9-15)7-8-16(12)4/h7,12H,8-10H2,1-6H3/t12-/m0/s1. The third-order valence-electron chi connectivity index (χ3n) is 4.34. The number of hydrogen-bond donors (Lipinski definition) is 0. The summed E-state index contributed by atoms with van der Waals surface area (Å²) in [5.41, 5.74) is 0.816. The molecule has 3 nitrogen and oxygen atoms in total. The van der Waals surface area contributed by atoms with E-state index in [-0.39, 0.29) is 22.7 Å². The number of carbonyl (C=O) groups is 1. The number of likely N-dealkylation sites (N-methyl/N-ethyl adjacent to an activating group) is 1. The second kappa shape index (κ2) is 6.08. The fourth-order valence-corrected chi connectivity index (χ4v) is 3.00. The van der Waals surface area contributed by atoms with Gasteiger partial charge in [0, 0.05) is 12.1 Å². The molecule has 0 aliphatic carbocycles. The van der Waals surface area contributed by atoms with Crippen LogP contribution in [0, 0.1) is 0 Å². The van der Waals surface area contributed by atoms with Crippen molar-refractivity contribution in [2.24, 2.45) is 0 Å². The molecular weight excluding hydrogens is 278 g/mol. The molecule has 1 rings (SSSR count). The van der Waals surface area contributed by atoms with Gasteiger partial charge >= 0.3 is 0 Å². The van der Waals surface area contributed by atoms with Crippen LogP contribution in [-0.4, -0.2) is 51.1 Å². The summed E-state index contributed by atoms with van der Waals surface area (Å²) in [5, 5.41) is 0.185. The van der Waals surface area contributed by atoms with Gasteiger partial charge < -0.3 is 4.43 Å². The van der Waals surface area contributed by atoms with Gasteiger partial charge in [-0.3, -0.25) is 9.69 Å². The zero-order valence-corrected chi connectivity index (χ0v) is 14.7. The molecule has 0 radical (unpaired) electrons. The maximum Gasteiger partial charge on any atom is 0.192 e. The second-order valence-corrected chi connectivity index (χ2v) is 11.8. The van der Waals surface area contributed by atoms with Gasteiger partial charge in [-0.1, -0.05) is 26.8 Å². The normalized spacial score (nSPS) is 21.6. The summed E-state index contributed by atoms with van der Waals surface area (Å²) in [6, 6.07) is 0.0559. The molecule has 0 aromatic rings. The summed E-state index contributed by atoms with van der Waals surface area (Å²) in [4.78, 5) is 14.0. The van der Waals surface area contributed by atoms with E-state index in [0.29, 0.717) is 6.61 Å². The van der Waals surface area contributed by atoms with E-state index in [9.17, 15) is 4.79 Å². The molecule has 0 aromatic carbocycles. The van der Waals surface area contributed by atoms with Gasteiger partial charge in [-0.05, 0) is 25.2 Å². The molecule has 0 fully saturated rings. The molecule has 0 amide bonds. The van der Waals surface area contributed by atoms with Crippen molar-refractivity contribution in [3.8, 4) is 0 Å². The molecule has 0 saturated carbocycles. The van der Waals surface area contributed by atoms with Crippen molar-refractivity contribution in [1.82, 2.24) is 4.90 Å². The third kappa shape index (κ3) is 3.91. The SMILES string of the molecule is CN1CC=C(C(=O)CCl)[C@@H]1CO[Si](C)(C)C(C)(C)C. The highest BCUT2D eigenvalue weighted by atomic mass is 35.5. The van der Waals surface area contributed by atoms with Gasteiger partial charge in [0.25, 0.3) is 0 Å². The number of hydrogen-bond acceptors (Lipinski definition) is 3. The molecule has 110 valence electrons. The highest BCUT2D eigenvalue weighted by Gasteiger charge is 2.39. The van der Waals surface area contributed by atoms with Crippen LogP contribution in [0.3, 0.4) is 0 Å². The first kappa shape index (κ1) is 16.9. The molecular formula is C14H26ClNO2Si. The lowest BCUT2D eigenvalue weighted by atomic mass is 10.1. The Morgan fingerprint density at radius 2 is 2.11 bits per heavy atom. The Morgan fingerprint density at radius 3 is 2.58 bits per heavy atom. The number of Topliss-reactive ketones (excluding diaryl/α,β-unsaturated/α-hetero) is 1. The predicted molar refractivity (Wildman–Crippen MR) is 83.4 cm³/mol. The van der Waals surface area contributed by atoms with E-state index in [2.05, 4.69) is 38.8 Å². The quantitative estimate of drug-likeness (QED) is 0.577. The van der Waals surface area contributed by atoms with Crippen molar-refractivity contribution in [2.75, 3.05) is 26.1 Å². The van der Waals surface area contributed by atoms with Crippen LogP contribution in [0.1, 0.15) is 20.8 Å². The van der Waals surface area contributed by atoms with E-state index in [4.69, 9.17) is 16.0 Å². The van der Waals surface area contributed by atoms with Crippen molar-refractivity contribution < 1.29 is 9.22 Å². The van der Waals surface area contributed by atoms with Gasteiger partial charge in [0.05, 0.1) is 18.5 Å². The summed E-state index contributed by atoms with van der Waals surface area (Å²) in [7, 11) is 0.244. The minimum atomic E-state index is -1.77. The van der Waals surface area contributed by atoms with Crippen molar-refractivity contribution in [3.05, 3.63) is 11.6 Å². The van der Waals surface area contributed by atoms with E-state index >= 15 is 0 Å². The first-order chi connectivity index (χ1) is 8.60. The molecule has 0 unspecified atom stereocenters. The Labute approximate surface area is 123 Å². The zero-order valence-electron chi connectivity index (χ0n) is 12.9. The lowest BCUT2D eigenvalue weighted by molar-refractivity contribution is -0.113. The van der Waals surface area contributed by atoms with Crippen LogP contribution >= 0.6 is 11.6 Å². The summed E-state index contributed by atoms with van der Waals surface area (Å²) in [6.45, 7) is 12.5. The van der Waals surface area contributed by atoms with Crippen LogP contribution in [0.2, 0.25) is 18.1 Å². The van der Waals surface area contributed by atoms with Gasteiger partial charge in [0.2, 0.25) is 0 Å². The Bertz CT molecular complexity index is 374. The van der Waals surface area contributed by atoms with Gasteiger partial charge in [-0.2, -0.15) is 0 Å². The maximum atomic E-state index is 11.8. The van der Waals surface area contributed by atoms with Crippen molar-refractivity contribution >= 4 is 25.7 Å².